The topological polar surface area (TPSA) is 18.5 Å². The lowest BCUT2D eigenvalue weighted by molar-refractivity contribution is -0.208. The molecule has 0 aromatic rings. The molecule has 58 valence electrons. The summed E-state index contributed by atoms with van der Waals surface area (Å²) in [6, 6.07) is 0. The number of ether oxygens (including phenoxy) is 2. The highest BCUT2D eigenvalue weighted by Crippen LogP contribution is 2.25. The zero-order chi connectivity index (χ0) is 7.45. The largest absolute Gasteiger partial charge is 0.350 e. The fourth-order valence-electron chi connectivity index (χ4n) is 1.20. The summed E-state index contributed by atoms with van der Waals surface area (Å²) in [6.07, 6.45) is 4.98. The van der Waals surface area contributed by atoms with Crippen LogP contribution in [-0.4, -0.2) is 19.5 Å². The molecule has 0 amide bonds. The van der Waals surface area contributed by atoms with Gasteiger partial charge in [-0.25, -0.2) is 0 Å². The van der Waals surface area contributed by atoms with Crippen molar-refractivity contribution in [3.8, 4) is 0 Å². The average molecular weight is 142 g/mol. The molecule has 1 heterocycles. The molecule has 1 atom stereocenters. The molecule has 0 spiro atoms. The molecule has 1 aliphatic heterocycles. The number of rotatable bonds is 2. The van der Waals surface area contributed by atoms with E-state index >= 15 is 0 Å². The summed E-state index contributed by atoms with van der Waals surface area (Å²) < 4.78 is 10.6. The summed E-state index contributed by atoms with van der Waals surface area (Å²) in [5.41, 5.74) is 0. The van der Waals surface area contributed by atoms with Crippen molar-refractivity contribution in [2.45, 2.75) is 25.0 Å². The van der Waals surface area contributed by atoms with Gasteiger partial charge in [0.2, 0.25) is 0 Å². The van der Waals surface area contributed by atoms with Crippen molar-refractivity contribution >= 4 is 0 Å². The van der Waals surface area contributed by atoms with Gasteiger partial charge in [-0.15, -0.1) is 0 Å². The molecular formula is C8H14O2. The van der Waals surface area contributed by atoms with Crippen molar-refractivity contribution in [2.24, 2.45) is 0 Å². The summed E-state index contributed by atoms with van der Waals surface area (Å²) in [5, 5.41) is 0. The molecule has 0 bridgehead atoms. The van der Waals surface area contributed by atoms with Crippen LogP contribution in [-0.2, 0) is 9.47 Å². The maximum absolute atomic E-state index is 5.42. The SMILES string of the molecule is C=CC1(OC)CCCCO1. The molecule has 10 heavy (non-hydrogen) atoms. The van der Waals surface area contributed by atoms with Gasteiger partial charge in [-0.1, -0.05) is 6.58 Å². The van der Waals surface area contributed by atoms with Crippen LogP contribution < -0.4 is 0 Å². The van der Waals surface area contributed by atoms with Gasteiger partial charge >= 0.3 is 0 Å². The third kappa shape index (κ3) is 1.39. The number of hydrogen-bond acceptors (Lipinski definition) is 2. The van der Waals surface area contributed by atoms with Crippen LogP contribution in [0.2, 0.25) is 0 Å². The molecule has 2 nitrogen and oxygen atoms in total. The summed E-state index contributed by atoms with van der Waals surface area (Å²) in [7, 11) is 1.66. The predicted octanol–water partition coefficient (Wildman–Crippen LogP) is 1.72. The van der Waals surface area contributed by atoms with Crippen LogP contribution in [0.25, 0.3) is 0 Å². The fraction of sp³-hybridized carbons (Fsp3) is 0.750. The highest BCUT2D eigenvalue weighted by atomic mass is 16.7. The molecule has 0 N–H and O–H groups in total. The summed E-state index contributed by atoms with van der Waals surface area (Å²) in [6.45, 7) is 4.47. The Labute approximate surface area is 61.8 Å². The van der Waals surface area contributed by atoms with Crippen LogP contribution in [0.1, 0.15) is 19.3 Å². The van der Waals surface area contributed by atoms with E-state index in [1.807, 2.05) is 0 Å². The predicted molar refractivity (Wildman–Crippen MR) is 39.7 cm³/mol. The van der Waals surface area contributed by atoms with E-state index in [9.17, 15) is 0 Å². The molecule has 1 unspecified atom stereocenters. The van der Waals surface area contributed by atoms with Crippen molar-refractivity contribution in [2.75, 3.05) is 13.7 Å². The van der Waals surface area contributed by atoms with Crippen LogP contribution in [0.5, 0.6) is 0 Å². The first-order valence-corrected chi connectivity index (χ1v) is 3.66. The van der Waals surface area contributed by atoms with Gasteiger partial charge in [0.25, 0.3) is 0 Å². The van der Waals surface area contributed by atoms with Gasteiger partial charge in [-0.2, -0.15) is 0 Å². The first kappa shape index (κ1) is 7.76. The third-order valence-electron chi connectivity index (χ3n) is 1.92. The maximum Gasteiger partial charge on any atom is 0.187 e. The second kappa shape index (κ2) is 3.17. The van der Waals surface area contributed by atoms with Gasteiger partial charge in [-0.3, -0.25) is 0 Å². The summed E-state index contributed by atoms with van der Waals surface area (Å²) >= 11 is 0. The lowest BCUT2D eigenvalue weighted by atomic mass is 10.1. The van der Waals surface area contributed by atoms with E-state index in [0.717, 1.165) is 19.4 Å². The second-order valence-electron chi connectivity index (χ2n) is 2.53. The van der Waals surface area contributed by atoms with Gasteiger partial charge in [0.05, 0.1) is 6.61 Å². The Kier molecular flexibility index (Phi) is 2.46. The van der Waals surface area contributed by atoms with Gasteiger partial charge < -0.3 is 9.47 Å². The maximum atomic E-state index is 5.42. The summed E-state index contributed by atoms with van der Waals surface area (Å²) in [5.74, 6) is -0.474. The number of methoxy groups -OCH3 is 1. The van der Waals surface area contributed by atoms with Gasteiger partial charge in [0.15, 0.2) is 5.79 Å². The minimum absolute atomic E-state index is 0.474. The zero-order valence-corrected chi connectivity index (χ0v) is 6.43. The monoisotopic (exact) mass is 142 g/mol. The Balaban J connectivity index is 2.52. The standard InChI is InChI=1S/C8H14O2/c1-3-8(9-2)6-4-5-7-10-8/h3H,1,4-7H2,2H3. The van der Waals surface area contributed by atoms with Crippen LogP contribution in [0.3, 0.4) is 0 Å². The highest BCUT2D eigenvalue weighted by molar-refractivity contribution is 4.90. The Morgan fingerprint density at radius 2 is 2.40 bits per heavy atom. The van der Waals surface area contributed by atoms with E-state index in [1.165, 1.54) is 6.42 Å². The fourth-order valence-corrected chi connectivity index (χ4v) is 1.20. The van der Waals surface area contributed by atoms with E-state index < -0.39 is 5.79 Å². The Hall–Kier alpha value is -0.340. The second-order valence-corrected chi connectivity index (χ2v) is 2.53. The molecule has 0 aliphatic carbocycles. The Morgan fingerprint density at radius 1 is 1.60 bits per heavy atom. The molecule has 1 fully saturated rings. The smallest absolute Gasteiger partial charge is 0.187 e. The molecule has 0 aromatic carbocycles. The van der Waals surface area contributed by atoms with Crippen molar-refractivity contribution in [3.63, 3.8) is 0 Å². The van der Waals surface area contributed by atoms with E-state index in [0.29, 0.717) is 0 Å². The zero-order valence-electron chi connectivity index (χ0n) is 6.43. The summed E-state index contributed by atoms with van der Waals surface area (Å²) in [4.78, 5) is 0. The average Bonchev–Trinajstić information content (AvgIpc) is 2.06. The molecule has 0 radical (unpaired) electrons. The van der Waals surface area contributed by atoms with Gasteiger partial charge in [-0.05, 0) is 18.9 Å². The molecule has 1 saturated heterocycles. The first-order valence-electron chi connectivity index (χ1n) is 3.66. The van der Waals surface area contributed by atoms with E-state index in [1.54, 1.807) is 13.2 Å². The van der Waals surface area contributed by atoms with Crippen molar-refractivity contribution in [1.82, 2.24) is 0 Å². The van der Waals surface area contributed by atoms with Crippen molar-refractivity contribution < 1.29 is 9.47 Å². The highest BCUT2D eigenvalue weighted by Gasteiger charge is 2.28. The van der Waals surface area contributed by atoms with Crippen LogP contribution in [0.15, 0.2) is 12.7 Å². The van der Waals surface area contributed by atoms with Crippen LogP contribution >= 0.6 is 0 Å². The third-order valence-corrected chi connectivity index (χ3v) is 1.92. The quantitative estimate of drug-likeness (QED) is 0.546. The lowest BCUT2D eigenvalue weighted by Gasteiger charge is -2.32. The minimum atomic E-state index is -0.474. The molecule has 1 aliphatic rings. The van der Waals surface area contributed by atoms with E-state index in [2.05, 4.69) is 6.58 Å². The van der Waals surface area contributed by atoms with E-state index in [4.69, 9.17) is 9.47 Å². The Bertz CT molecular complexity index is 114. The molecule has 1 rings (SSSR count). The van der Waals surface area contributed by atoms with Crippen LogP contribution in [0.4, 0.5) is 0 Å². The Morgan fingerprint density at radius 3 is 2.70 bits per heavy atom. The van der Waals surface area contributed by atoms with Crippen molar-refractivity contribution in [3.05, 3.63) is 12.7 Å². The normalized spacial score (nSPS) is 33.7. The van der Waals surface area contributed by atoms with Crippen molar-refractivity contribution in [1.29, 1.82) is 0 Å². The number of hydrogen-bond donors (Lipinski definition) is 0. The molecule has 0 aromatic heterocycles. The van der Waals surface area contributed by atoms with Gasteiger partial charge in [0.1, 0.15) is 0 Å². The van der Waals surface area contributed by atoms with Gasteiger partial charge in [0, 0.05) is 13.5 Å². The first-order chi connectivity index (χ1) is 4.83. The van der Waals surface area contributed by atoms with E-state index in [-0.39, 0.29) is 0 Å². The van der Waals surface area contributed by atoms with Crippen LogP contribution in [0, 0.1) is 0 Å². The lowest BCUT2D eigenvalue weighted by Crippen LogP contribution is -2.35. The minimum Gasteiger partial charge on any atom is -0.350 e. The molecular weight excluding hydrogens is 128 g/mol. The molecule has 0 saturated carbocycles. The molecule has 2 heteroatoms.